The molecule has 0 spiro atoms. The van der Waals surface area contributed by atoms with Crippen LogP contribution in [0.4, 0.5) is 0 Å². The van der Waals surface area contributed by atoms with Crippen molar-refractivity contribution in [3.8, 4) is 5.75 Å². The Morgan fingerprint density at radius 2 is 1.90 bits per heavy atom. The van der Waals surface area contributed by atoms with E-state index in [9.17, 15) is 4.79 Å². The summed E-state index contributed by atoms with van der Waals surface area (Å²) in [6.45, 7) is 8.78. The number of hydrogen-bond donors (Lipinski definition) is 0. The van der Waals surface area contributed by atoms with Gasteiger partial charge in [-0.2, -0.15) is 0 Å². The first-order chi connectivity index (χ1) is 9.52. The van der Waals surface area contributed by atoms with Crippen molar-refractivity contribution in [2.24, 2.45) is 5.92 Å². The summed E-state index contributed by atoms with van der Waals surface area (Å²) in [7, 11) is 0. The number of esters is 1. The van der Waals surface area contributed by atoms with Gasteiger partial charge in [0, 0.05) is 12.2 Å². The first-order valence-electron chi connectivity index (χ1n) is 7.04. The van der Waals surface area contributed by atoms with Crippen molar-refractivity contribution in [1.29, 1.82) is 0 Å². The maximum Gasteiger partial charge on any atom is 0.310 e. The highest BCUT2D eigenvalue weighted by Gasteiger charge is 2.12. The maximum absolute atomic E-state index is 11.8. The lowest BCUT2D eigenvalue weighted by atomic mass is 10.1. The minimum Gasteiger partial charge on any atom is -0.465 e. The summed E-state index contributed by atoms with van der Waals surface area (Å²) >= 11 is 0. The highest BCUT2D eigenvalue weighted by molar-refractivity contribution is 5.73. The molecule has 0 saturated carbocycles. The lowest BCUT2D eigenvalue weighted by molar-refractivity contribution is -0.144. The van der Waals surface area contributed by atoms with Gasteiger partial charge in [0.1, 0.15) is 5.75 Å². The van der Waals surface area contributed by atoms with Crippen LogP contribution in [-0.4, -0.2) is 25.5 Å². The third-order valence-electron chi connectivity index (χ3n) is 2.58. The third kappa shape index (κ3) is 6.06. The molecule has 0 bridgehead atoms. The first-order valence-corrected chi connectivity index (χ1v) is 7.04. The summed E-state index contributed by atoms with van der Waals surface area (Å²) < 4.78 is 16.2. The summed E-state index contributed by atoms with van der Waals surface area (Å²) in [5.74, 6) is 0.761. The lowest BCUT2D eigenvalue weighted by Crippen LogP contribution is -2.18. The number of para-hydroxylation sites is 1. The van der Waals surface area contributed by atoms with Gasteiger partial charge in [-0.05, 0) is 25.8 Å². The molecule has 1 unspecified atom stereocenters. The van der Waals surface area contributed by atoms with Gasteiger partial charge in [0.15, 0.2) is 6.29 Å². The predicted molar refractivity (Wildman–Crippen MR) is 77.7 cm³/mol. The van der Waals surface area contributed by atoms with Gasteiger partial charge >= 0.3 is 5.97 Å². The van der Waals surface area contributed by atoms with Gasteiger partial charge in [-0.25, -0.2) is 0 Å². The molecule has 20 heavy (non-hydrogen) atoms. The van der Waals surface area contributed by atoms with Crippen LogP contribution in [0.1, 0.15) is 33.3 Å². The van der Waals surface area contributed by atoms with Crippen LogP contribution < -0.4 is 4.74 Å². The Morgan fingerprint density at radius 1 is 1.20 bits per heavy atom. The van der Waals surface area contributed by atoms with Crippen LogP contribution in [0.2, 0.25) is 0 Å². The minimum absolute atomic E-state index is 0.210. The molecule has 1 aromatic carbocycles. The average molecular weight is 280 g/mol. The second-order valence-electron chi connectivity index (χ2n) is 5.00. The predicted octanol–water partition coefficient (Wildman–Crippen LogP) is 3.19. The van der Waals surface area contributed by atoms with Gasteiger partial charge in [0.2, 0.25) is 0 Å². The molecule has 1 atom stereocenters. The van der Waals surface area contributed by atoms with Crippen LogP contribution in [0.15, 0.2) is 24.3 Å². The van der Waals surface area contributed by atoms with Gasteiger partial charge in [0.25, 0.3) is 0 Å². The smallest absolute Gasteiger partial charge is 0.310 e. The van der Waals surface area contributed by atoms with E-state index in [1.807, 2.05) is 52.0 Å². The van der Waals surface area contributed by atoms with E-state index in [0.29, 0.717) is 24.9 Å². The zero-order valence-electron chi connectivity index (χ0n) is 12.7. The molecule has 0 fully saturated rings. The van der Waals surface area contributed by atoms with E-state index in [1.165, 1.54) is 0 Å². The molecule has 4 heteroatoms. The summed E-state index contributed by atoms with van der Waals surface area (Å²) in [4.78, 5) is 11.8. The SMILES string of the molecule is CCOC(C)Oc1ccccc1CC(=O)OCC(C)C. The normalized spacial score (nSPS) is 12.2. The van der Waals surface area contributed by atoms with Crippen molar-refractivity contribution in [2.45, 2.75) is 40.4 Å². The fourth-order valence-electron chi connectivity index (χ4n) is 1.68. The van der Waals surface area contributed by atoms with Crippen LogP contribution in [0.25, 0.3) is 0 Å². The Hall–Kier alpha value is -1.55. The molecule has 0 heterocycles. The van der Waals surface area contributed by atoms with Crippen LogP contribution in [0, 0.1) is 5.92 Å². The topological polar surface area (TPSA) is 44.8 Å². The molecule has 112 valence electrons. The molecule has 0 aliphatic carbocycles. The standard InChI is InChI=1S/C16H24O4/c1-5-18-13(4)20-15-9-7-6-8-14(15)10-16(17)19-11-12(2)3/h6-9,12-13H,5,10-11H2,1-4H3. The molecule has 1 rings (SSSR count). The Morgan fingerprint density at radius 3 is 2.55 bits per heavy atom. The molecular weight excluding hydrogens is 256 g/mol. The van der Waals surface area contributed by atoms with Crippen LogP contribution >= 0.6 is 0 Å². The molecule has 0 saturated heterocycles. The molecule has 0 radical (unpaired) electrons. The molecule has 4 nitrogen and oxygen atoms in total. The number of rotatable bonds is 8. The third-order valence-corrected chi connectivity index (χ3v) is 2.58. The average Bonchev–Trinajstić information content (AvgIpc) is 2.39. The summed E-state index contributed by atoms with van der Waals surface area (Å²) in [6.07, 6.45) is -0.130. The molecule has 0 aromatic heterocycles. The zero-order chi connectivity index (χ0) is 15.0. The van der Waals surface area contributed by atoms with E-state index >= 15 is 0 Å². The van der Waals surface area contributed by atoms with Crippen molar-refractivity contribution in [3.05, 3.63) is 29.8 Å². The van der Waals surface area contributed by atoms with Gasteiger partial charge in [-0.15, -0.1) is 0 Å². The molecule has 0 amide bonds. The second-order valence-corrected chi connectivity index (χ2v) is 5.00. The number of carbonyl (C=O) groups excluding carboxylic acids is 1. The Labute approximate surface area is 121 Å². The Balaban J connectivity index is 2.63. The lowest BCUT2D eigenvalue weighted by Gasteiger charge is -2.17. The number of ether oxygens (including phenoxy) is 3. The van der Waals surface area contributed by atoms with Gasteiger partial charge in [-0.1, -0.05) is 32.0 Å². The van der Waals surface area contributed by atoms with E-state index < -0.39 is 0 Å². The van der Waals surface area contributed by atoms with Crippen molar-refractivity contribution in [2.75, 3.05) is 13.2 Å². The molecule has 0 N–H and O–H groups in total. The van der Waals surface area contributed by atoms with Gasteiger partial charge in [-0.3, -0.25) is 4.79 Å². The summed E-state index contributed by atoms with van der Waals surface area (Å²) in [5.41, 5.74) is 0.813. The van der Waals surface area contributed by atoms with Crippen molar-refractivity contribution in [1.82, 2.24) is 0 Å². The molecular formula is C16H24O4. The second kappa shape index (κ2) is 8.59. The number of carbonyl (C=O) groups is 1. The van der Waals surface area contributed by atoms with Crippen molar-refractivity contribution < 1.29 is 19.0 Å². The first kappa shape index (κ1) is 16.5. The Bertz CT molecular complexity index is 415. The minimum atomic E-state index is -0.340. The fourth-order valence-corrected chi connectivity index (χ4v) is 1.68. The van der Waals surface area contributed by atoms with Crippen molar-refractivity contribution in [3.63, 3.8) is 0 Å². The van der Waals surface area contributed by atoms with E-state index in [-0.39, 0.29) is 18.7 Å². The molecule has 0 aliphatic rings. The Kier molecular flexibility index (Phi) is 7.09. The summed E-state index contributed by atoms with van der Waals surface area (Å²) in [6, 6.07) is 7.45. The van der Waals surface area contributed by atoms with E-state index in [2.05, 4.69) is 0 Å². The van der Waals surface area contributed by atoms with Crippen molar-refractivity contribution >= 4 is 5.97 Å². The molecule has 1 aromatic rings. The monoisotopic (exact) mass is 280 g/mol. The molecule has 0 aliphatic heterocycles. The zero-order valence-corrected chi connectivity index (χ0v) is 12.7. The van der Waals surface area contributed by atoms with Crippen LogP contribution in [0.5, 0.6) is 5.75 Å². The van der Waals surface area contributed by atoms with Gasteiger partial charge < -0.3 is 14.2 Å². The largest absolute Gasteiger partial charge is 0.465 e. The van der Waals surface area contributed by atoms with E-state index in [0.717, 1.165) is 5.56 Å². The van der Waals surface area contributed by atoms with Crippen LogP contribution in [0.3, 0.4) is 0 Å². The number of hydrogen-bond acceptors (Lipinski definition) is 4. The number of benzene rings is 1. The van der Waals surface area contributed by atoms with Gasteiger partial charge in [0.05, 0.1) is 13.0 Å². The fraction of sp³-hybridized carbons (Fsp3) is 0.562. The quantitative estimate of drug-likeness (QED) is 0.542. The van der Waals surface area contributed by atoms with E-state index in [4.69, 9.17) is 14.2 Å². The van der Waals surface area contributed by atoms with Crippen LogP contribution in [-0.2, 0) is 20.7 Å². The highest BCUT2D eigenvalue weighted by atomic mass is 16.7. The summed E-state index contributed by atoms with van der Waals surface area (Å²) in [5, 5.41) is 0. The highest BCUT2D eigenvalue weighted by Crippen LogP contribution is 2.20. The van der Waals surface area contributed by atoms with E-state index in [1.54, 1.807) is 0 Å². The maximum atomic E-state index is 11.8.